The zero-order valence-corrected chi connectivity index (χ0v) is 12.2. The van der Waals surface area contributed by atoms with Gasteiger partial charge in [-0.2, -0.15) is 5.10 Å². The van der Waals surface area contributed by atoms with Crippen LogP contribution in [0.4, 0.5) is 0 Å². The van der Waals surface area contributed by atoms with E-state index in [0.29, 0.717) is 18.0 Å². The second-order valence-electron chi connectivity index (χ2n) is 6.04. The molecule has 0 spiro atoms. The SMILES string of the molecule is CCCNC1CC(C)CC(C)C1n1ccc(C)n1. The molecule has 1 fully saturated rings. The molecule has 4 atom stereocenters. The summed E-state index contributed by atoms with van der Waals surface area (Å²) in [7, 11) is 0. The zero-order chi connectivity index (χ0) is 13.1. The van der Waals surface area contributed by atoms with Gasteiger partial charge in [-0.1, -0.05) is 20.8 Å². The van der Waals surface area contributed by atoms with Crippen molar-refractivity contribution >= 4 is 0 Å². The second kappa shape index (κ2) is 5.87. The first-order valence-corrected chi connectivity index (χ1v) is 7.37. The number of nitrogens with zero attached hydrogens (tertiary/aromatic N) is 2. The van der Waals surface area contributed by atoms with E-state index in [1.165, 1.54) is 19.3 Å². The Hall–Kier alpha value is -0.830. The molecule has 1 heterocycles. The highest BCUT2D eigenvalue weighted by Crippen LogP contribution is 2.36. The van der Waals surface area contributed by atoms with Crippen LogP contribution >= 0.6 is 0 Å². The van der Waals surface area contributed by atoms with Crippen LogP contribution in [0.25, 0.3) is 0 Å². The van der Waals surface area contributed by atoms with E-state index in [-0.39, 0.29) is 0 Å². The molecule has 3 heteroatoms. The van der Waals surface area contributed by atoms with Gasteiger partial charge in [0.2, 0.25) is 0 Å². The summed E-state index contributed by atoms with van der Waals surface area (Å²) in [6, 6.07) is 3.20. The number of hydrogen-bond donors (Lipinski definition) is 1. The lowest BCUT2D eigenvalue weighted by atomic mass is 9.76. The molecule has 1 saturated carbocycles. The predicted molar refractivity (Wildman–Crippen MR) is 75.6 cm³/mol. The molecule has 1 aliphatic rings. The number of rotatable bonds is 4. The van der Waals surface area contributed by atoms with Crippen LogP contribution in [0.15, 0.2) is 12.3 Å². The minimum Gasteiger partial charge on any atom is -0.312 e. The molecule has 1 aliphatic carbocycles. The third-order valence-corrected chi connectivity index (χ3v) is 4.13. The maximum atomic E-state index is 4.64. The maximum Gasteiger partial charge on any atom is 0.0697 e. The summed E-state index contributed by atoms with van der Waals surface area (Å²) < 4.78 is 2.19. The highest BCUT2D eigenvalue weighted by atomic mass is 15.3. The fourth-order valence-corrected chi connectivity index (χ4v) is 3.42. The van der Waals surface area contributed by atoms with Gasteiger partial charge < -0.3 is 5.32 Å². The Labute approximate surface area is 111 Å². The summed E-state index contributed by atoms with van der Waals surface area (Å²) in [5.41, 5.74) is 1.12. The molecule has 4 unspecified atom stereocenters. The zero-order valence-electron chi connectivity index (χ0n) is 12.2. The first-order chi connectivity index (χ1) is 8.61. The van der Waals surface area contributed by atoms with Crippen molar-refractivity contribution in [2.24, 2.45) is 11.8 Å². The molecule has 18 heavy (non-hydrogen) atoms. The van der Waals surface area contributed by atoms with Gasteiger partial charge in [0, 0.05) is 12.2 Å². The molecule has 0 bridgehead atoms. The van der Waals surface area contributed by atoms with Crippen molar-refractivity contribution < 1.29 is 0 Å². The molecule has 0 aromatic carbocycles. The maximum absolute atomic E-state index is 4.64. The van der Waals surface area contributed by atoms with Crippen molar-refractivity contribution in [3.63, 3.8) is 0 Å². The van der Waals surface area contributed by atoms with Gasteiger partial charge in [0.25, 0.3) is 0 Å². The van der Waals surface area contributed by atoms with Crippen molar-refractivity contribution in [2.45, 2.75) is 59.0 Å². The van der Waals surface area contributed by atoms with E-state index in [9.17, 15) is 0 Å². The van der Waals surface area contributed by atoms with Crippen LogP contribution in [-0.4, -0.2) is 22.4 Å². The lowest BCUT2D eigenvalue weighted by Gasteiger charge is -2.40. The van der Waals surface area contributed by atoms with Crippen LogP contribution in [0.2, 0.25) is 0 Å². The molecule has 0 amide bonds. The lowest BCUT2D eigenvalue weighted by molar-refractivity contribution is 0.143. The van der Waals surface area contributed by atoms with Crippen molar-refractivity contribution in [3.05, 3.63) is 18.0 Å². The third kappa shape index (κ3) is 2.94. The molecule has 1 aromatic rings. The molecule has 1 aromatic heterocycles. The van der Waals surface area contributed by atoms with Crippen molar-refractivity contribution in [3.8, 4) is 0 Å². The first kappa shape index (κ1) is 13.6. The van der Waals surface area contributed by atoms with Crippen LogP contribution in [-0.2, 0) is 0 Å². The standard InChI is InChI=1S/C15H27N3/c1-5-7-16-14-10-11(2)9-12(3)15(14)18-8-6-13(4)17-18/h6,8,11-12,14-16H,5,7,9-10H2,1-4H3. The molecule has 2 rings (SSSR count). The lowest BCUT2D eigenvalue weighted by Crippen LogP contribution is -2.45. The highest BCUT2D eigenvalue weighted by Gasteiger charge is 2.35. The van der Waals surface area contributed by atoms with Crippen molar-refractivity contribution in [2.75, 3.05) is 6.54 Å². The van der Waals surface area contributed by atoms with Gasteiger partial charge in [-0.25, -0.2) is 0 Å². The van der Waals surface area contributed by atoms with Crippen LogP contribution in [0.1, 0.15) is 51.8 Å². The van der Waals surface area contributed by atoms with Crippen LogP contribution in [0.3, 0.4) is 0 Å². The van der Waals surface area contributed by atoms with E-state index < -0.39 is 0 Å². The van der Waals surface area contributed by atoms with Gasteiger partial charge in [-0.05, 0) is 50.6 Å². The average Bonchev–Trinajstić information content (AvgIpc) is 2.72. The number of nitrogens with one attached hydrogen (secondary N) is 1. The van der Waals surface area contributed by atoms with E-state index in [4.69, 9.17) is 0 Å². The van der Waals surface area contributed by atoms with Gasteiger partial charge >= 0.3 is 0 Å². The van der Waals surface area contributed by atoms with E-state index >= 15 is 0 Å². The van der Waals surface area contributed by atoms with Crippen molar-refractivity contribution in [1.82, 2.24) is 15.1 Å². The predicted octanol–water partition coefficient (Wildman–Crippen LogP) is 3.17. The van der Waals surface area contributed by atoms with Gasteiger partial charge in [-0.3, -0.25) is 4.68 Å². The summed E-state index contributed by atoms with van der Waals surface area (Å²) in [6.07, 6.45) is 5.93. The van der Waals surface area contributed by atoms with Gasteiger partial charge in [0.15, 0.2) is 0 Å². The summed E-state index contributed by atoms with van der Waals surface area (Å²) in [6.45, 7) is 10.2. The number of aromatic nitrogens is 2. The largest absolute Gasteiger partial charge is 0.312 e. The molecule has 102 valence electrons. The average molecular weight is 249 g/mol. The van der Waals surface area contributed by atoms with Crippen LogP contribution < -0.4 is 5.32 Å². The quantitative estimate of drug-likeness (QED) is 0.888. The normalized spacial score (nSPS) is 32.7. The highest BCUT2D eigenvalue weighted by molar-refractivity contribution is 5.00. The Kier molecular flexibility index (Phi) is 4.44. The summed E-state index contributed by atoms with van der Waals surface area (Å²) in [5.74, 6) is 1.52. The topological polar surface area (TPSA) is 29.9 Å². The first-order valence-electron chi connectivity index (χ1n) is 7.37. The molecular weight excluding hydrogens is 222 g/mol. The Balaban J connectivity index is 2.16. The second-order valence-corrected chi connectivity index (χ2v) is 6.04. The number of aryl methyl sites for hydroxylation is 1. The Morgan fingerprint density at radius 2 is 2.17 bits per heavy atom. The van der Waals surface area contributed by atoms with Crippen LogP contribution in [0, 0.1) is 18.8 Å². The molecule has 0 saturated heterocycles. The summed E-state index contributed by atoms with van der Waals surface area (Å²) in [5, 5.41) is 8.37. The molecule has 3 nitrogen and oxygen atoms in total. The molecule has 0 aliphatic heterocycles. The number of hydrogen-bond acceptors (Lipinski definition) is 2. The molecule has 0 radical (unpaired) electrons. The smallest absolute Gasteiger partial charge is 0.0697 e. The summed E-state index contributed by atoms with van der Waals surface area (Å²) in [4.78, 5) is 0. The monoisotopic (exact) mass is 249 g/mol. The summed E-state index contributed by atoms with van der Waals surface area (Å²) >= 11 is 0. The van der Waals surface area contributed by atoms with E-state index in [1.807, 2.05) is 0 Å². The van der Waals surface area contributed by atoms with Crippen LogP contribution in [0.5, 0.6) is 0 Å². The van der Waals surface area contributed by atoms with Crippen molar-refractivity contribution in [1.29, 1.82) is 0 Å². The fourth-order valence-electron chi connectivity index (χ4n) is 3.42. The third-order valence-electron chi connectivity index (χ3n) is 4.13. The van der Waals surface area contributed by atoms with Gasteiger partial charge in [-0.15, -0.1) is 0 Å². The fraction of sp³-hybridized carbons (Fsp3) is 0.800. The minimum absolute atomic E-state index is 0.515. The Morgan fingerprint density at radius 3 is 2.78 bits per heavy atom. The molecule has 1 N–H and O–H groups in total. The molecular formula is C15H27N3. The van der Waals surface area contributed by atoms with E-state index in [0.717, 1.165) is 18.2 Å². The van der Waals surface area contributed by atoms with E-state index in [1.54, 1.807) is 0 Å². The minimum atomic E-state index is 0.515. The Bertz CT molecular complexity index is 372. The van der Waals surface area contributed by atoms with E-state index in [2.05, 4.69) is 55.1 Å². The van der Waals surface area contributed by atoms with Gasteiger partial charge in [0.1, 0.15) is 0 Å². The van der Waals surface area contributed by atoms with Gasteiger partial charge in [0.05, 0.1) is 11.7 Å². The Morgan fingerprint density at radius 1 is 1.39 bits per heavy atom.